The summed E-state index contributed by atoms with van der Waals surface area (Å²) in [4.78, 5) is 21.9. The van der Waals surface area contributed by atoms with Crippen LogP contribution in [0.3, 0.4) is 0 Å². The molecule has 3 aromatic rings. The molecule has 0 aliphatic rings. The molecule has 0 spiro atoms. The molecule has 0 radical (unpaired) electrons. The number of hydrogen-bond donors (Lipinski definition) is 2. The highest BCUT2D eigenvalue weighted by Crippen LogP contribution is 2.30. The molecule has 8 nitrogen and oxygen atoms in total. The Labute approximate surface area is 174 Å². The van der Waals surface area contributed by atoms with Crippen LogP contribution in [-0.4, -0.2) is 51.5 Å². The Bertz CT molecular complexity index is 1120. The molecule has 0 aliphatic heterocycles. The highest BCUT2D eigenvalue weighted by molar-refractivity contribution is 5.83. The first-order valence-electron chi connectivity index (χ1n) is 9.40. The first-order valence-corrected chi connectivity index (χ1v) is 9.40. The molecule has 0 saturated carbocycles. The van der Waals surface area contributed by atoms with Crippen molar-refractivity contribution in [3.63, 3.8) is 0 Å². The number of anilines is 1. The number of nitrogens with one attached hydrogen (secondary N) is 1. The second-order valence-corrected chi connectivity index (χ2v) is 6.75. The number of nitrogens with two attached hydrogens (primary N) is 1. The van der Waals surface area contributed by atoms with Crippen molar-refractivity contribution >= 4 is 28.5 Å². The lowest BCUT2D eigenvalue weighted by atomic mass is 10.1. The molecule has 0 saturated heterocycles. The van der Waals surface area contributed by atoms with Crippen LogP contribution in [0.2, 0.25) is 0 Å². The largest absolute Gasteiger partial charge is 0.493 e. The quantitative estimate of drug-likeness (QED) is 0.588. The Hall–Kier alpha value is -3.52. The molecule has 3 rings (SSSR count). The molecular weight excluding hydrogens is 384 g/mol. The monoisotopic (exact) mass is 410 g/mol. The van der Waals surface area contributed by atoms with Crippen LogP contribution in [0.5, 0.6) is 11.5 Å². The lowest BCUT2D eigenvalue weighted by Crippen LogP contribution is -2.22. The smallest absolute Gasteiger partial charge is 0.276 e. The van der Waals surface area contributed by atoms with E-state index in [0.29, 0.717) is 29.1 Å². The standard InChI is InChI=1S/C22H26N4O4/c1-26(8-9-28-2)15-7-5-6-14(10-15)11-16(23)21-22(27)25-18-13-20(30-4)19(29-3)12-17(18)24-21/h5-7,10-13H,8-9,23H2,1-4H3,(H,25,27)/b16-11-. The third-order valence-electron chi connectivity index (χ3n) is 4.73. The summed E-state index contributed by atoms with van der Waals surface area (Å²) in [5.74, 6) is 1.03. The summed E-state index contributed by atoms with van der Waals surface area (Å²) in [5.41, 5.74) is 9.25. The number of aromatic nitrogens is 2. The van der Waals surface area contributed by atoms with E-state index in [1.54, 1.807) is 32.4 Å². The van der Waals surface area contributed by atoms with Crippen molar-refractivity contribution in [1.82, 2.24) is 9.97 Å². The van der Waals surface area contributed by atoms with Crippen LogP contribution < -0.4 is 25.7 Å². The van der Waals surface area contributed by atoms with Gasteiger partial charge in [-0.2, -0.15) is 0 Å². The van der Waals surface area contributed by atoms with E-state index in [0.717, 1.165) is 17.8 Å². The molecule has 8 heteroatoms. The summed E-state index contributed by atoms with van der Waals surface area (Å²) >= 11 is 0. The highest BCUT2D eigenvalue weighted by atomic mass is 16.5. The molecule has 1 aromatic heterocycles. The number of methoxy groups -OCH3 is 3. The van der Waals surface area contributed by atoms with E-state index in [4.69, 9.17) is 19.9 Å². The van der Waals surface area contributed by atoms with Gasteiger partial charge in [0, 0.05) is 38.5 Å². The molecule has 1 heterocycles. The van der Waals surface area contributed by atoms with Gasteiger partial charge in [0.2, 0.25) is 0 Å². The Morgan fingerprint density at radius 1 is 1.17 bits per heavy atom. The molecule has 0 fully saturated rings. The molecule has 0 amide bonds. The number of nitrogens with zero attached hydrogens (tertiary/aromatic N) is 2. The molecule has 0 unspecified atom stereocenters. The zero-order valence-electron chi connectivity index (χ0n) is 17.6. The zero-order valence-corrected chi connectivity index (χ0v) is 17.6. The number of hydrogen-bond acceptors (Lipinski definition) is 7. The van der Waals surface area contributed by atoms with Gasteiger partial charge in [-0.15, -0.1) is 0 Å². The van der Waals surface area contributed by atoms with Gasteiger partial charge in [0.15, 0.2) is 17.2 Å². The predicted octanol–water partition coefficient (Wildman–Crippen LogP) is 2.48. The molecule has 0 atom stereocenters. The Kier molecular flexibility index (Phi) is 6.58. The van der Waals surface area contributed by atoms with E-state index in [2.05, 4.69) is 14.9 Å². The second-order valence-electron chi connectivity index (χ2n) is 6.75. The minimum absolute atomic E-state index is 0.146. The zero-order chi connectivity index (χ0) is 21.7. The van der Waals surface area contributed by atoms with Crippen molar-refractivity contribution in [3.05, 3.63) is 58.0 Å². The Morgan fingerprint density at radius 2 is 1.90 bits per heavy atom. The fourth-order valence-electron chi connectivity index (χ4n) is 3.07. The Morgan fingerprint density at radius 3 is 2.60 bits per heavy atom. The summed E-state index contributed by atoms with van der Waals surface area (Å²) in [5, 5.41) is 0. The van der Waals surface area contributed by atoms with Gasteiger partial charge in [-0.25, -0.2) is 4.98 Å². The van der Waals surface area contributed by atoms with Crippen LogP contribution in [0.1, 0.15) is 11.3 Å². The number of ether oxygens (including phenoxy) is 3. The summed E-state index contributed by atoms with van der Waals surface area (Å²) in [6, 6.07) is 11.2. The van der Waals surface area contributed by atoms with Gasteiger partial charge in [0.1, 0.15) is 0 Å². The molecule has 2 aromatic carbocycles. The van der Waals surface area contributed by atoms with Crippen molar-refractivity contribution in [2.75, 3.05) is 46.4 Å². The van der Waals surface area contributed by atoms with E-state index in [1.807, 2.05) is 31.3 Å². The average Bonchev–Trinajstić information content (AvgIpc) is 2.76. The summed E-state index contributed by atoms with van der Waals surface area (Å²) < 4.78 is 15.7. The van der Waals surface area contributed by atoms with Crippen LogP contribution in [0.4, 0.5) is 5.69 Å². The van der Waals surface area contributed by atoms with Crippen molar-refractivity contribution in [2.24, 2.45) is 5.73 Å². The second kappa shape index (κ2) is 9.32. The van der Waals surface area contributed by atoms with Crippen molar-refractivity contribution in [2.45, 2.75) is 0 Å². The summed E-state index contributed by atoms with van der Waals surface area (Å²) in [7, 11) is 6.74. The van der Waals surface area contributed by atoms with Gasteiger partial charge in [0.05, 0.1) is 37.6 Å². The minimum Gasteiger partial charge on any atom is -0.493 e. The molecular formula is C22H26N4O4. The summed E-state index contributed by atoms with van der Waals surface area (Å²) in [6.45, 7) is 1.39. The van der Waals surface area contributed by atoms with Crippen molar-refractivity contribution < 1.29 is 14.2 Å². The van der Waals surface area contributed by atoms with Gasteiger partial charge in [0.25, 0.3) is 5.56 Å². The first kappa shape index (κ1) is 21.2. The highest BCUT2D eigenvalue weighted by Gasteiger charge is 2.12. The number of rotatable bonds is 8. The molecule has 3 N–H and O–H groups in total. The maximum atomic E-state index is 12.6. The summed E-state index contributed by atoms with van der Waals surface area (Å²) in [6.07, 6.45) is 1.73. The van der Waals surface area contributed by atoms with Gasteiger partial charge in [-0.05, 0) is 23.8 Å². The van der Waals surface area contributed by atoms with Crippen LogP contribution in [0, 0.1) is 0 Å². The first-order chi connectivity index (χ1) is 14.5. The molecule has 158 valence electrons. The average molecular weight is 410 g/mol. The number of H-pyrrole nitrogens is 1. The van der Waals surface area contributed by atoms with Gasteiger partial charge >= 0.3 is 0 Å². The van der Waals surface area contributed by atoms with Gasteiger partial charge < -0.3 is 29.8 Å². The van der Waals surface area contributed by atoms with Crippen molar-refractivity contribution in [3.8, 4) is 11.5 Å². The molecule has 0 bridgehead atoms. The number of benzene rings is 2. The lowest BCUT2D eigenvalue weighted by Gasteiger charge is -2.19. The normalized spacial score (nSPS) is 11.5. The van der Waals surface area contributed by atoms with E-state index >= 15 is 0 Å². The predicted molar refractivity (Wildman–Crippen MR) is 119 cm³/mol. The maximum Gasteiger partial charge on any atom is 0.276 e. The number of aromatic amines is 1. The van der Waals surface area contributed by atoms with Crippen LogP contribution >= 0.6 is 0 Å². The van der Waals surface area contributed by atoms with E-state index < -0.39 is 0 Å². The molecule has 0 aliphatic carbocycles. The van der Waals surface area contributed by atoms with Crippen LogP contribution in [0.15, 0.2) is 41.2 Å². The topological polar surface area (TPSA) is 103 Å². The maximum absolute atomic E-state index is 12.6. The lowest BCUT2D eigenvalue weighted by molar-refractivity contribution is 0.206. The van der Waals surface area contributed by atoms with E-state index in [1.165, 1.54) is 7.11 Å². The Balaban J connectivity index is 1.98. The van der Waals surface area contributed by atoms with Crippen LogP contribution in [0.25, 0.3) is 22.8 Å². The van der Waals surface area contributed by atoms with E-state index in [-0.39, 0.29) is 17.0 Å². The van der Waals surface area contributed by atoms with Gasteiger partial charge in [-0.1, -0.05) is 12.1 Å². The molecule has 30 heavy (non-hydrogen) atoms. The third kappa shape index (κ3) is 4.55. The minimum atomic E-state index is -0.378. The van der Waals surface area contributed by atoms with Gasteiger partial charge in [-0.3, -0.25) is 4.79 Å². The SMILES string of the molecule is COCCN(C)c1cccc(/C=C(\N)c2nc3cc(OC)c(OC)cc3[nH]c2=O)c1. The number of fused-ring (bicyclic) bond motifs is 1. The van der Waals surface area contributed by atoms with Crippen LogP contribution in [-0.2, 0) is 4.74 Å². The fourth-order valence-corrected chi connectivity index (χ4v) is 3.07. The number of likely N-dealkylation sites (N-methyl/N-ethyl adjacent to an activating group) is 1. The van der Waals surface area contributed by atoms with E-state index in [9.17, 15) is 4.79 Å². The fraction of sp³-hybridized carbons (Fsp3) is 0.273. The van der Waals surface area contributed by atoms with Crippen molar-refractivity contribution in [1.29, 1.82) is 0 Å². The third-order valence-corrected chi connectivity index (χ3v) is 4.73.